The number of hydrogen-bond acceptors (Lipinski definition) is 3. The zero-order valence-corrected chi connectivity index (χ0v) is 10.9. The number of rotatable bonds is 5. The monoisotopic (exact) mass is 272 g/mol. The van der Waals surface area contributed by atoms with Gasteiger partial charge in [-0.3, -0.25) is 11.3 Å². The molecule has 1 aliphatic heterocycles. The third kappa shape index (κ3) is 3.42. The van der Waals surface area contributed by atoms with Crippen LogP contribution in [0.2, 0.25) is 5.02 Å². The van der Waals surface area contributed by atoms with Gasteiger partial charge in [-0.05, 0) is 37.3 Å². The molecule has 100 valence electrons. The summed E-state index contributed by atoms with van der Waals surface area (Å²) in [5.74, 6) is 5.77. The highest BCUT2D eigenvalue weighted by molar-refractivity contribution is 6.31. The maximum atomic E-state index is 13.7. The standard InChI is InChI=1S/C13H18ClFN2O/c14-12-2-1-3-13(15)11(12)7-10(17-16)6-9-4-5-18-8-9/h1-3,9-10,17H,4-8,16H2. The molecule has 3 nitrogen and oxygen atoms in total. The highest BCUT2D eigenvalue weighted by atomic mass is 35.5. The Balaban J connectivity index is 2.00. The van der Waals surface area contributed by atoms with Crippen molar-refractivity contribution in [1.29, 1.82) is 0 Å². The quantitative estimate of drug-likeness (QED) is 0.639. The summed E-state index contributed by atoms with van der Waals surface area (Å²) in [6.45, 7) is 1.57. The number of halogens is 2. The number of nitrogens with two attached hydrogens (primary N) is 1. The number of hydrazine groups is 1. The Bertz CT molecular complexity index is 376. The Hall–Kier alpha value is -0.680. The Kier molecular flexibility index (Phi) is 4.95. The van der Waals surface area contributed by atoms with Crippen LogP contribution in [0, 0.1) is 11.7 Å². The number of ether oxygens (including phenoxy) is 1. The van der Waals surface area contributed by atoms with E-state index >= 15 is 0 Å². The van der Waals surface area contributed by atoms with E-state index in [1.165, 1.54) is 6.07 Å². The van der Waals surface area contributed by atoms with Crippen molar-refractivity contribution >= 4 is 11.6 Å². The van der Waals surface area contributed by atoms with Gasteiger partial charge in [0.1, 0.15) is 5.82 Å². The van der Waals surface area contributed by atoms with Crippen molar-refractivity contribution in [2.24, 2.45) is 11.8 Å². The van der Waals surface area contributed by atoms with Crippen molar-refractivity contribution in [2.75, 3.05) is 13.2 Å². The summed E-state index contributed by atoms with van der Waals surface area (Å²) in [5.41, 5.74) is 3.28. The molecular formula is C13H18ClFN2O. The fourth-order valence-electron chi connectivity index (χ4n) is 2.36. The smallest absolute Gasteiger partial charge is 0.127 e. The molecule has 3 N–H and O–H groups in total. The SMILES string of the molecule is NNC(Cc1c(F)cccc1Cl)CC1CCOC1. The average molecular weight is 273 g/mol. The lowest BCUT2D eigenvalue weighted by molar-refractivity contribution is 0.181. The highest BCUT2D eigenvalue weighted by Crippen LogP contribution is 2.24. The summed E-state index contributed by atoms with van der Waals surface area (Å²) >= 11 is 6.01. The second kappa shape index (κ2) is 6.48. The Morgan fingerprint density at radius 1 is 1.56 bits per heavy atom. The summed E-state index contributed by atoms with van der Waals surface area (Å²) in [4.78, 5) is 0. The first-order valence-electron chi connectivity index (χ1n) is 6.17. The number of hydrogen-bond donors (Lipinski definition) is 2. The molecule has 2 unspecified atom stereocenters. The van der Waals surface area contributed by atoms with Crippen molar-refractivity contribution in [3.05, 3.63) is 34.6 Å². The normalized spacial score (nSPS) is 21.2. The molecule has 0 bridgehead atoms. The van der Waals surface area contributed by atoms with Crippen LogP contribution in [-0.4, -0.2) is 19.3 Å². The van der Waals surface area contributed by atoms with Crippen molar-refractivity contribution in [1.82, 2.24) is 5.43 Å². The third-order valence-corrected chi connectivity index (χ3v) is 3.74. The van der Waals surface area contributed by atoms with Crippen LogP contribution in [0.5, 0.6) is 0 Å². The molecule has 0 aliphatic carbocycles. The van der Waals surface area contributed by atoms with Gasteiger partial charge < -0.3 is 4.74 Å². The molecule has 1 aromatic carbocycles. The van der Waals surface area contributed by atoms with Gasteiger partial charge in [0.15, 0.2) is 0 Å². The predicted molar refractivity (Wildman–Crippen MR) is 69.8 cm³/mol. The fraction of sp³-hybridized carbons (Fsp3) is 0.538. The molecule has 2 rings (SSSR count). The Morgan fingerprint density at radius 3 is 3.00 bits per heavy atom. The molecule has 0 aromatic heterocycles. The molecule has 0 spiro atoms. The molecule has 5 heteroatoms. The largest absolute Gasteiger partial charge is 0.381 e. The summed E-state index contributed by atoms with van der Waals surface area (Å²) in [7, 11) is 0. The summed E-state index contributed by atoms with van der Waals surface area (Å²) in [6.07, 6.45) is 2.42. The zero-order chi connectivity index (χ0) is 13.0. The van der Waals surface area contributed by atoms with Crippen LogP contribution in [-0.2, 0) is 11.2 Å². The number of benzene rings is 1. The molecule has 1 aliphatic rings. The lowest BCUT2D eigenvalue weighted by Crippen LogP contribution is -2.38. The topological polar surface area (TPSA) is 47.3 Å². The van der Waals surface area contributed by atoms with Crippen LogP contribution in [0.25, 0.3) is 0 Å². The van der Waals surface area contributed by atoms with Gasteiger partial charge in [0.05, 0.1) is 0 Å². The van der Waals surface area contributed by atoms with E-state index in [1.54, 1.807) is 12.1 Å². The minimum Gasteiger partial charge on any atom is -0.381 e. The maximum absolute atomic E-state index is 13.7. The van der Waals surface area contributed by atoms with E-state index in [2.05, 4.69) is 5.43 Å². The van der Waals surface area contributed by atoms with Gasteiger partial charge >= 0.3 is 0 Å². The van der Waals surface area contributed by atoms with Crippen LogP contribution in [0.4, 0.5) is 4.39 Å². The molecule has 2 atom stereocenters. The minimum absolute atomic E-state index is 0.0195. The van der Waals surface area contributed by atoms with Crippen LogP contribution < -0.4 is 11.3 Å². The second-order valence-corrected chi connectivity index (χ2v) is 5.14. The van der Waals surface area contributed by atoms with Crippen LogP contribution in [0.1, 0.15) is 18.4 Å². The third-order valence-electron chi connectivity index (χ3n) is 3.39. The van der Waals surface area contributed by atoms with Gasteiger partial charge in [-0.2, -0.15) is 0 Å². The predicted octanol–water partition coefficient (Wildman–Crippen LogP) is 2.28. The zero-order valence-electron chi connectivity index (χ0n) is 10.2. The molecule has 1 saturated heterocycles. The molecular weight excluding hydrogens is 255 g/mol. The molecule has 1 heterocycles. The summed E-state index contributed by atoms with van der Waals surface area (Å²) in [6, 6.07) is 4.75. The fourth-order valence-corrected chi connectivity index (χ4v) is 2.60. The van der Waals surface area contributed by atoms with E-state index in [9.17, 15) is 4.39 Å². The number of nitrogens with one attached hydrogen (secondary N) is 1. The van der Waals surface area contributed by atoms with E-state index in [0.29, 0.717) is 22.9 Å². The molecule has 1 fully saturated rings. The van der Waals surface area contributed by atoms with Gasteiger partial charge in [-0.1, -0.05) is 17.7 Å². The minimum atomic E-state index is -0.273. The summed E-state index contributed by atoms with van der Waals surface area (Å²) < 4.78 is 19.0. The Labute approximate surface area is 111 Å². The van der Waals surface area contributed by atoms with Gasteiger partial charge in [-0.25, -0.2) is 4.39 Å². The van der Waals surface area contributed by atoms with Crippen molar-refractivity contribution < 1.29 is 9.13 Å². The maximum Gasteiger partial charge on any atom is 0.127 e. The summed E-state index contributed by atoms with van der Waals surface area (Å²) in [5, 5.41) is 0.456. The lowest BCUT2D eigenvalue weighted by atomic mass is 9.95. The van der Waals surface area contributed by atoms with Gasteiger partial charge in [0, 0.05) is 29.8 Å². The van der Waals surface area contributed by atoms with Crippen molar-refractivity contribution in [2.45, 2.75) is 25.3 Å². The van der Waals surface area contributed by atoms with E-state index in [1.807, 2.05) is 0 Å². The van der Waals surface area contributed by atoms with E-state index in [0.717, 1.165) is 26.1 Å². The molecule has 18 heavy (non-hydrogen) atoms. The lowest BCUT2D eigenvalue weighted by Gasteiger charge is -2.19. The van der Waals surface area contributed by atoms with E-state index < -0.39 is 0 Å². The van der Waals surface area contributed by atoms with Gasteiger partial charge in [-0.15, -0.1) is 0 Å². The molecule has 1 aromatic rings. The first-order chi connectivity index (χ1) is 8.70. The molecule has 0 amide bonds. The van der Waals surface area contributed by atoms with Crippen molar-refractivity contribution in [3.63, 3.8) is 0 Å². The molecule has 0 radical (unpaired) electrons. The van der Waals surface area contributed by atoms with Gasteiger partial charge in [0.25, 0.3) is 0 Å². The second-order valence-electron chi connectivity index (χ2n) is 4.73. The highest BCUT2D eigenvalue weighted by Gasteiger charge is 2.21. The molecule has 0 saturated carbocycles. The first kappa shape index (κ1) is 13.7. The van der Waals surface area contributed by atoms with Crippen LogP contribution >= 0.6 is 11.6 Å². The average Bonchev–Trinajstić information content (AvgIpc) is 2.85. The van der Waals surface area contributed by atoms with Crippen molar-refractivity contribution in [3.8, 4) is 0 Å². The van der Waals surface area contributed by atoms with Gasteiger partial charge in [0.2, 0.25) is 0 Å². The van der Waals surface area contributed by atoms with Crippen LogP contribution in [0.15, 0.2) is 18.2 Å². The Morgan fingerprint density at radius 2 is 2.39 bits per heavy atom. The van der Waals surface area contributed by atoms with E-state index in [4.69, 9.17) is 22.2 Å². The van der Waals surface area contributed by atoms with E-state index in [-0.39, 0.29) is 11.9 Å². The van der Waals surface area contributed by atoms with Crippen LogP contribution in [0.3, 0.4) is 0 Å². The first-order valence-corrected chi connectivity index (χ1v) is 6.55.